The smallest absolute Gasteiger partial charge is 0.241 e. The zero-order valence-electron chi connectivity index (χ0n) is 15.3. The molecule has 0 saturated carbocycles. The third-order valence-electron chi connectivity index (χ3n) is 4.22. The van der Waals surface area contributed by atoms with Crippen LogP contribution in [0.3, 0.4) is 0 Å². The fourth-order valence-electron chi connectivity index (χ4n) is 2.92. The van der Waals surface area contributed by atoms with Gasteiger partial charge < -0.3 is 4.52 Å². The molecule has 150 valence electrons. The Labute approximate surface area is 168 Å². The Kier molecular flexibility index (Phi) is 5.25. The molecular weight excluding hydrogens is 397 g/mol. The van der Waals surface area contributed by atoms with Gasteiger partial charge in [-0.05, 0) is 35.9 Å². The molecule has 0 aliphatic heterocycles. The third-order valence-corrected chi connectivity index (χ3v) is 4.22. The summed E-state index contributed by atoms with van der Waals surface area (Å²) in [6, 6.07) is 10.2. The molecular formula is C21H13F3N4O2. The van der Waals surface area contributed by atoms with Gasteiger partial charge in [-0.1, -0.05) is 17.3 Å². The molecule has 0 unspecified atom stereocenters. The van der Waals surface area contributed by atoms with Gasteiger partial charge >= 0.3 is 0 Å². The van der Waals surface area contributed by atoms with Crippen LogP contribution in [0.1, 0.15) is 5.56 Å². The van der Waals surface area contributed by atoms with Crippen molar-refractivity contribution in [2.45, 2.75) is 6.42 Å². The number of hydrogen-bond donors (Lipinski definition) is 1. The second-order valence-electron chi connectivity index (χ2n) is 6.31. The van der Waals surface area contributed by atoms with Gasteiger partial charge in [0.05, 0.1) is 17.7 Å². The number of benzene rings is 2. The molecule has 0 aliphatic rings. The average Bonchev–Trinajstić information content (AvgIpc) is 3.11. The molecule has 2 heterocycles. The van der Waals surface area contributed by atoms with Crippen LogP contribution in [0.5, 0.6) is 0 Å². The quantitative estimate of drug-likeness (QED) is 0.528. The SMILES string of the molecule is O=C(Cc1cccc(F)c1)Nc1onc(-c2ccc(F)cc2F)c1-c1ccncn1. The highest BCUT2D eigenvalue weighted by atomic mass is 19.1. The first-order valence-corrected chi connectivity index (χ1v) is 8.77. The van der Waals surface area contributed by atoms with Crippen LogP contribution >= 0.6 is 0 Å². The van der Waals surface area contributed by atoms with Gasteiger partial charge in [-0.3, -0.25) is 10.1 Å². The van der Waals surface area contributed by atoms with Gasteiger partial charge in [0.2, 0.25) is 11.8 Å². The first-order valence-electron chi connectivity index (χ1n) is 8.77. The molecule has 0 aliphatic carbocycles. The maximum absolute atomic E-state index is 14.4. The Morgan fingerprint density at radius 1 is 1.03 bits per heavy atom. The summed E-state index contributed by atoms with van der Waals surface area (Å²) >= 11 is 0. The van der Waals surface area contributed by atoms with E-state index in [4.69, 9.17) is 4.52 Å². The number of aromatic nitrogens is 3. The summed E-state index contributed by atoms with van der Waals surface area (Å²) in [5.74, 6) is -2.63. The lowest BCUT2D eigenvalue weighted by atomic mass is 10.0. The highest BCUT2D eigenvalue weighted by molar-refractivity contribution is 5.97. The highest BCUT2D eigenvalue weighted by Gasteiger charge is 2.24. The summed E-state index contributed by atoms with van der Waals surface area (Å²) in [5.41, 5.74) is 0.980. The minimum absolute atomic E-state index is 0.0283. The van der Waals surface area contributed by atoms with Crippen LogP contribution in [-0.4, -0.2) is 21.0 Å². The first-order chi connectivity index (χ1) is 14.5. The number of anilines is 1. The molecule has 2 aromatic heterocycles. The lowest BCUT2D eigenvalue weighted by molar-refractivity contribution is -0.115. The Bertz CT molecular complexity index is 1210. The number of rotatable bonds is 5. The van der Waals surface area contributed by atoms with Gasteiger partial charge in [-0.15, -0.1) is 0 Å². The molecule has 0 atom stereocenters. The van der Waals surface area contributed by atoms with Crippen molar-refractivity contribution in [1.29, 1.82) is 0 Å². The standard InChI is InChI=1S/C21H13F3N4O2/c22-13-3-1-2-12(8-13)9-18(29)27-21-19(17-6-7-25-11-26-17)20(28-30-21)15-5-4-14(23)10-16(15)24/h1-8,10-11H,9H2,(H,27,29). The third kappa shape index (κ3) is 4.04. The molecule has 9 heteroatoms. The zero-order valence-corrected chi connectivity index (χ0v) is 15.3. The van der Waals surface area contributed by atoms with Crippen molar-refractivity contribution in [3.05, 3.63) is 84.1 Å². The second kappa shape index (κ2) is 8.16. The van der Waals surface area contributed by atoms with E-state index < -0.39 is 23.4 Å². The normalized spacial score (nSPS) is 10.8. The molecule has 0 fully saturated rings. The van der Waals surface area contributed by atoms with E-state index in [0.29, 0.717) is 11.3 Å². The number of nitrogens with zero attached hydrogens (tertiary/aromatic N) is 3. The minimum Gasteiger partial charge on any atom is -0.337 e. The van der Waals surface area contributed by atoms with Gasteiger partial charge in [0.15, 0.2) is 0 Å². The molecule has 2 aromatic carbocycles. The van der Waals surface area contributed by atoms with Gasteiger partial charge in [0.25, 0.3) is 0 Å². The molecule has 1 N–H and O–H groups in total. The summed E-state index contributed by atoms with van der Waals surface area (Å²) in [6.07, 6.45) is 2.60. The number of hydrogen-bond acceptors (Lipinski definition) is 5. The number of amides is 1. The van der Waals surface area contributed by atoms with Crippen molar-refractivity contribution in [2.75, 3.05) is 5.32 Å². The van der Waals surface area contributed by atoms with E-state index in [0.717, 1.165) is 12.1 Å². The Balaban J connectivity index is 1.71. The van der Waals surface area contributed by atoms with Crippen LogP contribution in [0.15, 0.2) is 65.6 Å². The van der Waals surface area contributed by atoms with E-state index in [-0.39, 0.29) is 29.1 Å². The van der Waals surface area contributed by atoms with Crippen molar-refractivity contribution in [2.24, 2.45) is 0 Å². The van der Waals surface area contributed by atoms with Crippen LogP contribution in [0.25, 0.3) is 22.5 Å². The highest BCUT2D eigenvalue weighted by Crippen LogP contribution is 2.37. The predicted molar refractivity (Wildman–Crippen MR) is 102 cm³/mol. The van der Waals surface area contributed by atoms with E-state index in [1.54, 1.807) is 6.07 Å². The van der Waals surface area contributed by atoms with Gasteiger partial charge in [0.1, 0.15) is 29.5 Å². The van der Waals surface area contributed by atoms with Crippen molar-refractivity contribution in [3.63, 3.8) is 0 Å². The number of halogens is 3. The van der Waals surface area contributed by atoms with Crippen LogP contribution in [0.2, 0.25) is 0 Å². The summed E-state index contributed by atoms with van der Waals surface area (Å²) in [4.78, 5) is 20.4. The van der Waals surface area contributed by atoms with E-state index in [1.165, 1.54) is 42.9 Å². The maximum atomic E-state index is 14.4. The Morgan fingerprint density at radius 3 is 2.60 bits per heavy atom. The Hall–Kier alpha value is -4.01. The molecule has 1 amide bonds. The summed E-state index contributed by atoms with van der Waals surface area (Å²) in [7, 11) is 0. The van der Waals surface area contributed by atoms with Crippen LogP contribution in [0.4, 0.5) is 19.1 Å². The van der Waals surface area contributed by atoms with Gasteiger partial charge in [-0.25, -0.2) is 23.1 Å². The van der Waals surface area contributed by atoms with E-state index in [2.05, 4.69) is 20.4 Å². The molecule has 0 radical (unpaired) electrons. The summed E-state index contributed by atoms with van der Waals surface area (Å²) in [5, 5.41) is 6.41. The minimum atomic E-state index is -0.851. The zero-order chi connectivity index (χ0) is 21.1. The van der Waals surface area contributed by atoms with Crippen LogP contribution < -0.4 is 5.32 Å². The second-order valence-corrected chi connectivity index (χ2v) is 6.31. The van der Waals surface area contributed by atoms with Crippen molar-refractivity contribution >= 4 is 11.8 Å². The molecule has 4 aromatic rings. The van der Waals surface area contributed by atoms with E-state index in [9.17, 15) is 18.0 Å². The van der Waals surface area contributed by atoms with Gasteiger partial charge in [-0.2, -0.15) is 0 Å². The van der Waals surface area contributed by atoms with Crippen molar-refractivity contribution in [1.82, 2.24) is 15.1 Å². The van der Waals surface area contributed by atoms with Gasteiger partial charge in [0, 0.05) is 17.8 Å². The largest absolute Gasteiger partial charge is 0.337 e. The lowest BCUT2D eigenvalue weighted by Gasteiger charge is -2.06. The molecule has 0 spiro atoms. The lowest BCUT2D eigenvalue weighted by Crippen LogP contribution is -2.14. The van der Waals surface area contributed by atoms with Crippen molar-refractivity contribution < 1.29 is 22.5 Å². The van der Waals surface area contributed by atoms with Crippen LogP contribution in [0, 0.1) is 17.5 Å². The number of carbonyl (C=O) groups is 1. The molecule has 30 heavy (non-hydrogen) atoms. The number of carbonyl (C=O) groups excluding carboxylic acids is 1. The molecule has 0 bridgehead atoms. The van der Waals surface area contributed by atoms with E-state index >= 15 is 0 Å². The summed E-state index contributed by atoms with van der Waals surface area (Å²) in [6.45, 7) is 0. The van der Waals surface area contributed by atoms with E-state index in [1.807, 2.05) is 0 Å². The first kappa shape index (κ1) is 19.3. The fourth-order valence-corrected chi connectivity index (χ4v) is 2.92. The monoisotopic (exact) mass is 410 g/mol. The summed E-state index contributed by atoms with van der Waals surface area (Å²) < 4.78 is 46.3. The predicted octanol–water partition coefficient (Wildman–Crippen LogP) is 4.40. The molecule has 4 rings (SSSR count). The molecule has 6 nitrogen and oxygen atoms in total. The average molecular weight is 410 g/mol. The molecule has 0 saturated heterocycles. The topological polar surface area (TPSA) is 80.9 Å². The van der Waals surface area contributed by atoms with Crippen LogP contribution in [-0.2, 0) is 11.2 Å². The Morgan fingerprint density at radius 2 is 1.87 bits per heavy atom. The number of nitrogens with one attached hydrogen (secondary N) is 1. The van der Waals surface area contributed by atoms with Crippen molar-refractivity contribution in [3.8, 4) is 22.5 Å². The maximum Gasteiger partial charge on any atom is 0.241 e. The fraction of sp³-hybridized carbons (Fsp3) is 0.0476.